The molecule has 1 unspecified atom stereocenters. The first-order valence-corrected chi connectivity index (χ1v) is 11.0. The van der Waals surface area contributed by atoms with Crippen molar-refractivity contribution in [1.82, 2.24) is 24.5 Å². The molecule has 1 aliphatic rings. The van der Waals surface area contributed by atoms with Crippen LogP contribution in [0.15, 0.2) is 77.2 Å². The number of carbonyl (C=O) groups is 1. The number of amides is 1. The van der Waals surface area contributed by atoms with Crippen LogP contribution in [0.1, 0.15) is 23.7 Å². The van der Waals surface area contributed by atoms with E-state index in [1.54, 1.807) is 16.7 Å². The van der Waals surface area contributed by atoms with Gasteiger partial charge in [-0.15, -0.1) is 16.8 Å². The highest BCUT2D eigenvalue weighted by Crippen LogP contribution is 2.36. The lowest BCUT2D eigenvalue weighted by Crippen LogP contribution is -2.30. The molecule has 2 heterocycles. The molecule has 7 nitrogen and oxygen atoms in total. The molecule has 0 spiro atoms. The number of thioether (sulfide) groups is 1. The van der Waals surface area contributed by atoms with E-state index in [1.807, 2.05) is 52.9 Å². The molecule has 0 radical (unpaired) electrons. The van der Waals surface area contributed by atoms with Crippen molar-refractivity contribution >= 4 is 34.3 Å². The maximum Gasteiger partial charge on any atom is 0.263 e. The molecule has 1 amide bonds. The van der Waals surface area contributed by atoms with Gasteiger partial charge in [0.25, 0.3) is 5.56 Å². The smallest absolute Gasteiger partial charge is 0.263 e. The van der Waals surface area contributed by atoms with Gasteiger partial charge in [0.2, 0.25) is 11.7 Å². The average molecular weight is 432 g/mol. The first-order chi connectivity index (χ1) is 15.2. The highest BCUT2D eigenvalue weighted by atomic mass is 32.2. The van der Waals surface area contributed by atoms with Crippen molar-refractivity contribution in [1.29, 1.82) is 0 Å². The van der Waals surface area contributed by atoms with Crippen molar-refractivity contribution in [2.45, 2.75) is 35.8 Å². The number of benzene rings is 2. The highest BCUT2D eigenvalue weighted by molar-refractivity contribution is 8.00. The quantitative estimate of drug-likeness (QED) is 0.359. The number of allylic oxidation sites excluding steroid dienone is 1. The average Bonchev–Trinajstić information content (AvgIpc) is 3.51. The number of hydrogen-bond acceptors (Lipinski definition) is 5. The van der Waals surface area contributed by atoms with Gasteiger partial charge >= 0.3 is 0 Å². The van der Waals surface area contributed by atoms with Gasteiger partial charge < -0.3 is 5.32 Å². The zero-order valence-corrected chi connectivity index (χ0v) is 17.6. The van der Waals surface area contributed by atoms with Gasteiger partial charge in [-0.2, -0.15) is 0 Å². The Bertz CT molecular complexity index is 1340. The molecule has 5 rings (SSSR count). The Balaban J connectivity index is 1.66. The van der Waals surface area contributed by atoms with Crippen LogP contribution in [-0.4, -0.2) is 31.1 Å². The number of carbonyl (C=O) groups excluding carboxylic acids is 1. The second kappa shape index (κ2) is 8.03. The summed E-state index contributed by atoms with van der Waals surface area (Å²) in [7, 11) is 0. The lowest BCUT2D eigenvalue weighted by atomic mass is 10.1. The summed E-state index contributed by atoms with van der Waals surface area (Å²) in [6.07, 6.45) is 3.70. The van der Waals surface area contributed by atoms with E-state index in [2.05, 4.69) is 22.1 Å². The van der Waals surface area contributed by atoms with Crippen LogP contribution in [0.2, 0.25) is 0 Å². The fraction of sp³-hybridized carbons (Fsp3) is 0.217. The standard InChI is InChI=1S/C23H21N5O2S/c1-2-14-27-21(30)17-10-6-7-11-18(17)28-22(27)25-26-23(28)31-19(15-8-4-3-5-9-15)20(29)24-16-12-13-16/h2-11,16,19H,1,12-14H2,(H,24,29). The van der Waals surface area contributed by atoms with Gasteiger partial charge in [-0.1, -0.05) is 60.3 Å². The topological polar surface area (TPSA) is 81.3 Å². The summed E-state index contributed by atoms with van der Waals surface area (Å²) in [4.78, 5) is 26.1. The van der Waals surface area contributed by atoms with Crippen LogP contribution in [0.4, 0.5) is 0 Å². The maximum atomic E-state index is 13.1. The van der Waals surface area contributed by atoms with Gasteiger partial charge in [0.15, 0.2) is 5.16 Å². The van der Waals surface area contributed by atoms with E-state index >= 15 is 0 Å². The van der Waals surface area contributed by atoms with Crippen molar-refractivity contribution < 1.29 is 4.79 Å². The van der Waals surface area contributed by atoms with E-state index in [1.165, 1.54) is 11.8 Å². The number of nitrogens with one attached hydrogen (secondary N) is 1. The van der Waals surface area contributed by atoms with E-state index in [4.69, 9.17) is 0 Å². The minimum atomic E-state index is -0.479. The molecular formula is C23H21N5O2S. The Morgan fingerprint density at radius 2 is 1.90 bits per heavy atom. The number of rotatable bonds is 7. The summed E-state index contributed by atoms with van der Waals surface area (Å²) in [6.45, 7) is 4.08. The third kappa shape index (κ3) is 3.63. The fourth-order valence-electron chi connectivity index (χ4n) is 3.61. The molecule has 1 N–H and O–H groups in total. The molecule has 0 bridgehead atoms. The molecule has 8 heteroatoms. The number of fused-ring (bicyclic) bond motifs is 3. The van der Waals surface area contributed by atoms with Gasteiger partial charge in [-0.25, -0.2) is 0 Å². The molecule has 1 fully saturated rings. The Labute approximate surface area is 182 Å². The maximum absolute atomic E-state index is 13.1. The van der Waals surface area contributed by atoms with E-state index in [0.29, 0.717) is 28.4 Å². The summed E-state index contributed by atoms with van der Waals surface area (Å²) < 4.78 is 3.40. The zero-order valence-electron chi connectivity index (χ0n) is 16.8. The molecule has 1 aliphatic carbocycles. The summed E-state index contributed by atoms with van der Waals surface area (Å²) in [5, 5.41) is 12.4. The predicted octanol–water partition coefficient (Wildman–Crippen LogP) is 3.34. The monoisotopic (exact) mass is 431 g/mol. The third-order valence-electron chi connectivity index (χ3n) is 5.28. The molecule has 156 valence electrons. The molecule has 4 aromatic rings. The molecule has 31 heavy (non-hydrogen) atoms. The van der Waals surface area contributed by atoms with Crippen molar-refractivity contribution in [3.63, 3.8) is 0 Å². The molecule has 2 aromatic heterocycles. The van der Waals surface area contributed by atoms with E-state index < -0.39 is 5.25 Å². The Morgan fingerprint density at radius 1 is 1.16 bits per heavy atom. The van der Waals surface area contributed by atoms with Crippen LogP contribution in [0.5, 0.6) is 0 Å². The Kier molecular flexibility index (Phi) is 5.07. The largest absolute Gasteiger partial charge is 0.352 e. The summed E-state index contributed by atoms with van der Waals surface area (Å²) in [6, 6.07) is 17.3. The van der Waals surface area contributed by atoms with E-state index in [0.717, 1.165) is 18.4 Å². The summed E-state index contributed by atoms with van der Waals surface area (Å²) in [5.74, 6) is 0.389. The van der Waals surface area contributed by atoms with Crippen LogP contribution in [0.3, 0.4) is 0 Å². The van der Waals surface area contributed by atoms with E-state index in [-0.39, 0.29) is 17.5 Å². The van der Waals surface area contributed by atoms with E-state index in [9.17, 15) is 9.59 Å². The van der Waals surface area contributed by atoms with Crippen molar-refractivity contribution in [2.75, 3.05) is 0 Å². The molecule has 0 saturated heterocycles. The number of nitrogens with zero attached hydrogens (tertiary/aromatic N) is 4. The zero-order chi connectivity index (χ0) is 21.4. The lowest BCUT2D eigenvalue weighted by Gasteiger charge is -2.16. The van der Waals surface area contributed by atoms with Gasteiger partial charge in [0, 0.05) is 12.6 Å². The van der Waals surface area contributed by atoms with Crippen LogP contribution in [-0.2, 0) is 11.3 Å². The van der Waals surface area contributed by atoms with Crippen molar-refractivity contribution in [3.05, 3.63) is 83.2 Å². The van der Waals surface area contributed by atoms with Crippen LogP contribution < -0.4 is 10.9 Å². The fourth-order valence-corrected chi connectivity index (χ4v) is 4.67. The van der Waals surface area contributed by atoms with Gasteiger partial charge in [0.1, 0.15) is 5.25 Å². The minimum absolute atomic E-state index is 0.0424. The van der Waals surface area contributed by atoms with Gasteiger partial charge in [-0.3, -0.25) is 18.6 Å². The molecule has 2 aromatic carbocycles. The normalized spacial score (nSPS) is 14.6. The number of aromatic nitrogens is 4. The minimum Gasteiger partial charge on any atom is -0.352 e. The van der Waals surface area contributed by atoms with Crippen molar-refractivity contribution in [3.8, 4) is 0 Å². The molecule has 0 aliphatic heterocycles. The summed E-state index contributed by atoms with van der Waals surface area (Å²) in [5.41, 5.74) is 1.47. The van der Waals surface area contributed by atoms with Crippen LogP contribution in [0, 0.1) is 0 Å². The van der Waals surface area contributed by atoms with Gasteiger partial charge in [0.05, 0.1) is 10.9 Å². The van der Waals surface area contributed by atoms with Gasteiger partial charge in [-0.05, 0) is 30.5 Å². The number of hydrogen-bond donors (Lipinski definition) is 1. The molecular weight excluding hydrogens is 410 g/mol. The lowest BCUT2D eigenvalue weighted by molar-refractivity contribution is -0.120. The van der Waals surface area contributed by atoms with Crippen molar-refractivity contribution in [2.24, 2.45) is 0 Å². The number of para-hydroxylation sites is 1. The summed E-state index contributed by atoms with van der Waals surface area (Å²) >= 11 is 1.34. The molecule has 1 saturated carbocycles. The highest BCUT2D eigenvalue weighted by Gasteiger charge is 2.30. The second-order valence-corrected chi connectivity index (χ2v) is 8.60. The SMILES string of the molecule is C=CCn1c(=O)c2ccccc2n2c(SC(C(=O)NC3CC3)c3ccccc3)nnc12. The Hall–Kier alpha value is -3.39. The second-order valence-electron chi connectivity index (χ2n) is 7.53. The third-order valence-corrected chi connectivity index (χ3v) is 6.47. The Morgan fingerprint density at radius 3 is 2.65 bits per heavy atom. The van der Waals surface area contributed by atoms with Crippen LogP contribution in [0.25, 0.3) is 16.7 Å². The first kappa shape index (κ1) is 19.6. The molecule has 1 atom stereocenters. The van der Waals surface area contributed by atoms with Crippen LogP contribution >= 0.6 is 11.8 Å². The first-order valence-electron chi connectivity index (χ1n) is 10.2. The predicted molar refractivity (Wildman–Crippen MR) is 121 cm³/mol.